The fourth-order valence-corrected chi connectivity index (χ4v) is 2.56. The highest BCUT2D eigenvalue weighted by Crippen LogP contribution is 2.16. The van der Waals surface area contributed by atoms with E-state index in [1.165, 1.54) is 4.90 Å². The number of fused-ring (bicyclic) bond motifs is 1. The minimum absolute atomic E-state index is 0.139. The number of urea groups is 1. The molecular formula is C18H18F2N6O2. The van der Waals surface area contributed by atoms with E-state index in [1.54, 1.807) is 37.0 Å². The summed E-state index contributed by atoms with van der Waals surface area (Å²) in [5.74, 6) is -1.53. The van der Waals surface area contributed by atoms with Gasteiger partial charge >= 0.3 is 6.03 Å². The molecule has 0 fully saturated rings. The molecule has 0 aliphatic heterocycles. The summed E-state index contributed by atoms with van der Waals surface area (Å²) < 4.78 is 28.2. The smallest absolute Gasteiger partial charge is 0.319 e. The molecular weight excluding hydrogens is 370 g/mol. The number of anilines is 1. The quantitative estimate of drug-likeness (QED) is 0.701. The summed E-state index contributed by atoms with van der Waals surface area (Å²) in [4.78, 5) is 25.3. The lowest BCUT2D eigenvalue weighted by Crippen LogP contribution is -2.32. The van der Waals surface area contributed by atoms with Crippen molar-refractivity contribution in [1.82, 2.24) is 25.2 Å². The Hall–Kier alpha value is -3.56. The molecule has 0 aliphatic carbocycles. The van der Waals surface area contributed by atoms with Crippen molar-refractivity contribution in [1.29, 1.82) is 0 Å². The van der Waals surface area contributed by atoms with Gasteiger partial charge in [-0.3, -0.25) is 4.79 Å². The number of rotatable bonds is 5. The van der Waals surface area contributed by atoms with Crippen LogP contribution in [0.25, 0.3) is 11.0 Å². The maximum absolute atomic E-state index is 13.5. The van der Waals surface area contributed by atoms with E-state index in [4.69, 9.17) is 0 Å². The topological polar surface area (TPSA) is 92.2 Å². The SMILES string of the molecule is CN(C)C(=O)c1ccc2c(c1)nnn2CCNC(=O)Nc1cc(F)ccc1F. The maximum Gasteiger partial charge on any atom is 0.319 e. The first-order valence-corrected chi connectivity index (χ1v) is 8.40. The van der Waals surface area contributed by atoms with Gasteiger partial charge in [0, 0.05) is 32.3 Å². The lowest BCUT2D eigenvalue weighted by Gasteiger charge is -2.10. The molecule has 8 nitrogen and oxygen atoms in total. The van der Waals surface area contributed by atoms with Crippen LogP contribution >= 0.6 is 0 Å². The molecule has 0 aliphatic rings. The summed E-state index contributed by atoms with van der Waals surface area (Å²) in [6, 6.07) is 7.17. The van der Waals surface area contributed by atoms with Crippen LogP contribution in [-0.2, 0) is 6.54 Å². The minimum atomic E-state index is -0.734. The van der Waals surface area contributed by atoms with Crippen LogP contribution in [0, 0.1) is 11.6 Å². The molecule has 0 bridgehead atoms. The molecule has 2 aromatic carbocycles. The van der Waals surface area contributed by atoms with Gasteiger partial charge in [-0.25, -0.2) is 18.3 Å². The second-order valence-corrected chi connectivity index (χ2v) is 6.22. The van der Waals surface area contributed by atoms with Gasteiger partial charge in [0.05, 0.1) is 17.7 Å². The minimum Gasteiger partial charge on any atom is -0.345 e. The van der Waals surface area contributed by atoms with Gasteiger partial charge < -0.3 is 15.5 Å². The van der Waals surface area contributed by atoms with Gasteiger partial charge in [0.1, 0.15) is 17.2 Å². The maximum atomic E-state index is 13.5. The van der Waals surface area contributed by atoms with Crippen molar-refractivity contribution in [2.45, 2.75) is 6.54 Å². The Kier molecular flexibility index (Phi) is 5.48. The predicted octanol–water partition coefficient (Wildman–Crippen LogP) is 2.23. The molecule has 0 saturated carbocycles. The van der Waals surface area contributed by atoms with Gasteiger partial charge in [-0.15, -0.1) is 5.10 Å². The Labute approximate surface area is 159 Å². The first-order valence-electron chi connectivity index (χ1n) is 8.40. The molecule has 3 aromatic rings. The number of hydrogen-bond donors (Lipinski definition) is 2. The normalized spacial score (nSPS) is 10.7. The molecule has 0 saturated heterocycles. The highest BCUT2D eigenvalue weighted by Gasteiger charge is 2.12. The van der Waals surface area contributed by atoms with E-state index in [9.17, 15) is 18.4 Å². The molecule has 10 heteroatoms. The molecule has 28 heavy (non-hydrogen) atoms. The van der Waals surface area contributed by atoms with Crippen molar-refractivity contribution in [2.24, 2.45) is 0 Å². The molecule has 1 heterocycles. The van der Waals surface area contributed by atoms with Crippen molar-refractivity contribution in [3.05, 3.63) is 53.6 Å². The summed E-state index contributed by atoms with van der Waals surface area (Å²) in [5.41, 5.74) is 1.51. The summed E-state index contributed by atoms with van der Waals surface area (Å²) >= 11 is 0. The molecule has 146 valence electrons. The van der Waals surface area contributed by atoms with E-state index in [-0.39, 0.29) is 18.1 Å². The Balaban J connectivity index is 1.60. The lowest BCUT2D eigenvalue weighted by molar-refractivity contribution is 0.0827. The number of carbonyl (C=O) groups is 2. The van der Waals surface area contributed by atoms with E-state index in [0.29, 0.717) is 23.1 Å². The van der Waals surface area contributed by atoms with Gasteiger partial charge in [0.25, 0.3) is 5.91 Å². The lowest BCUT2D eigenvalue weighted by atomic mass is 10.2. The predicted molar refractivity (Wildman–Crippen MR) is 98.9 cm³/mol. The Morgan fingerprint density at radius 1 is 1.14 bits per heavy atom. The van der Waals surface area contributed by atoms with Crippen molar-refractivity contribution in [2.75, 3.05) is 26.0 Å². The van der Waals surface area contributed by atoms with Crippen LogP contribution in [0.2, 0.25) is 0 Å². The molecule has 0 radical (unpaired) electrons. The summed E-state index contributed by atoms with van der Waals surface area (Å²) in [6.07, 6.45) is 0. The second kappa shape index (κ2) is 7.99. The molecule has 1 aromatic heterocycles. The number of nitrogens with zero attached hydrogens (tertiary/aromatic N) is 4. The van der Waals surface area contributed by atoms with E-state index >= 15 is 0 Å². The number of halogens is 2. The third kappa shape index (κ3) is 4.22. The highest BCUT2D eigenvalue weighted by atomic mass is 19.1. The van der Waals surface area contributed by atoms with Crippen LogP contribution in [0.1, 0.15) is 10.4 Å². The van der Waals surface area contributed by atoms with Crippen LogP contribution in [0.15, 0.2) is 36.4 Å². The standard InChI is InChI=1S/C18H18F2N6O2/c1-25(2)17(27)11-3-6-16-15(9-11)23-24-26(16)8-7-21-18(28)22-14-10-12(19)4-5-13(14)20/h3-6,9-10H,7-8H2,1-2H3,(H2,21,22,28). The zero-order valence-electron chi connectivity index (χ0n) is 15.2. The van der Waals surface area contributed by atoms with Crippen LogP contribution in [-0.4, -0.2) is 52.5 Å². The second-order valence-electron chi connectivity index (χ2n) is 6.22. The molecule has 0 atom stereocenters. The fourth-order valence-electron chi connectivity index (χ4n) is 2.56. The van der Waals surface area contributed by atoms with Crippen LogP contribution in [0.5, 0.6) is 0 Å². The van der Waals surface area contributed by atoms with Gasteiger partial charge in [0.15, 0.2) is 0 Å². The first kappa shape index (κ1) is 19.2. The van der Waals surface area contributed by atoms with Crippen molar-refractivity contribution in [3.8, 4) is 0 Å². The van der Waals surface area contributed by atoms with E-state index in [1.807, 2.05) is 0 Å². The van der Waals surface area contributed by atoms with Crippen molar-refractivity contribution < 1.29 is 18.4 Å². The largest absolute Gasteiger partial charge is 0.345 e. The first-order chi connectivity index (χ1) is 13.3. The molecule has 3 amide bonds. The zero-order valence-corrected chi connectivity index (χ0v) is 15.2. The number of nitrogens with one attached hydrogen (secondary N) is 2. The number of aromatic nitrogens is 3. The van der Waals surface area contributed by atoms with Crippen LogP contribution in [0.3, 0.4) is 0 Å². The fraction of sp³-hybridized carbons (Fsp3) is 0.222. The van der Waals surface area contributed by atoms with Crippen molar-refractivity contribution >= 4 is 28.7 Å². The third-order valence-electron chi connectivity index (χ3n) is 3.95. The van der Waals surface area contributed by atoms with Gasteiger partial charge in [0.2, 0.25) is 0 Å². The van der Waals surface area contributed by atoms with E-state index < -0.39 is 17.7 Å². The van der Waals surface area contributed by atoms with E-state index in [2.05, 4.69) is 20.9 Å². The zero-order chi connectivity index (χ0) is 20.3. The average molecular weight is 388 g/mol. The van der Waals surface area contributed by atoms with Crippen LogP contribution in [0.4, 0.5) is 19.3 Å². The number of amides is 3. The summed E-state index contributed by atoms with van der Waals surface area (Å²) in [5, 5.41) is 12.8. The molecule has 3 rings (SSSR count). The average Bonchev–Trinajstić information content (AvgIpc) is 3.06. The Bertz CT molecular complexity index is 1030. The summed E-state index contributed by atoms with van der Waals surface area (Å²) in [6.45, 7) is 0.482. The van der Waals surface area contributed by atoms with Gasteiger partial charge in [-0.2, -0.15) is 0 Å². The summed E-state index contributed by atoms with van der Waals surface area (Å²) in [7, 11) is 3.32. The van der Waals surface area contributed by atoms with Gasteiger partial charge in [-0.05, 0) is 30.3 Å². The highest BCUT2D eigenvalue weighted by molar-refractivity contribution is 5.97. The molecule has 0 unspecified atom stereocenters. The van der Waals surface area contributed by atoms with E-state index in [0.717, 1.165) is 18.2 Å². The Morgan fingerprint density at radius 2 is 1.93 bits per heavy atom. The monoisotopic (exact) mass is 388 g/mol. The Morgan fingerprint density at radius 3 is 2.68 bits per heavy atom. The number of carbonyl (C=O) groups excluding carboxylic acids is 2. The number of benzene rings is 2. The van der Waals surface area contributed by atoms with Crippen molar-refractivity contribution in [3.63, 3.8) is 0 Å². The van der Waals surface area contributed by atoms with Gasteiger partial charge in [-0.1, -0.05) is 5.21 Å². The molecule has 0 spiro atoms. The number of hydrogen-bond acceptors (Lipinski definition) is 4. The third-order valence-corrected chi connectivity index (χ3v) is 3.95. The molecule has 2 N–H and O–H groups in total. The van der Waals surface area contributed by atoms with Crippen LogP contribution < -0.4 is 10.6 Å².